The van der Waals surface area contributed by atoms with Crippen LogP contribution in [0.15, 0.2) is 30.7 Å². The maximum absolute atomic E-state index is 12.9. The monoisotopic (exact) mass is 427 g/mol. The van der Waals surface area contributed by atoms with E-state index in [1.807, 2.05) is 36.0 Å². The lowest BCUT2D eigenvalue weighted by Crippen LogP contribution is -2.57. The molecule has 0 radical (unpaired) electrons. The minimum atomic E-state index is -0.287. The molecule has 2 atom stereocenters. The fourth-order valence-electron chi connectivity index (χ4n) is 4.32. The molecule has 4 heterocycles. The zero-order valence-corrected chi connectivity index (χ0v) is 18.1. The van der Waals surface area contributed by atoms with Crippen LogP contribution in [-0.2, 0) is 27.8 Å². The number of hydrogen-bond donors (Lipinski definition) is 0. The molecule has 10 nitrogen and oxygen atoms in total. The van der Waals surface area contributed by atoms with Crippen LogP contribution in [0.25, 0.3) is 0 Å². The Balaban J connectivity index is 1.49. The summed E-state index contributed by atoms with van der Waals surface area (Å²) in [7, 11) is 1.85. The molecule has 0 unspecified atom stereocenters. The number of piperazine rings is 1. The van der Waals surface area contributed by atoms with E-state index in [9.17, 15) is 9.59 Å². The molecule has 0 spiro atoms. The highest BCUT2D eigenvalue weighted by Gasteiger charge is 2.38. The number of hydrogen-bond acceptors (Lipinski definition) is 8. The molecule has 2 fully saturated rings. The molecule has 2 aliphatic rings. The fourth-order valence-corrected chi connectivity index (χ4v) is 4.32. The third-order valence-electron chi connectivity index (χ3n) is 5.84. The summed E-state index contributed by atoms with van der Waals surface area (Å²) in [6, 6.07) is 3.73. The number of nitrogens with zero attached hydrogens (tertiary/aromatic N) is 7. The maximum Gasteiger partial charge on any atom is 0.312 e. The highest BCUT2D eigenvalue weighted by atomic mass is 16.5. The van der Waals surface area contributed by atoms with Crippen molar-refractivity contribution in [2.45, 2.75) is 19.4 Å². The molecule has 10 heteroatoms. The van der Waals surface area contributed by atoms with E-state index in [0.717, 1.165) is 12.2 Å². The first-order chi connectivity index (χ1) is 15.0. The van der Waals surface area contributed by atoms with Crippen LogP contribution in [-0.4, -0.2) is 93.3 Å². The van der Waals surface area contributed by atoms with E-state index in [0.29, 0.717) is 51.7 Å². The zero-order chi connectivity index (χ0) is 21.8. The van der Waals surface area contributed by atoms with Gasteiger partial charge in [-0.25, -0.2) is 9.97 Å². The van der Waals surface area contributed by atoms with Crippen molar-refractivity contribution < 1.29 is 14.3 Å². The van der Waals surface area contributed by atoms with Crippen LogP contribution in [0.2, 0.25) is 0 Å². The number of carbonyl (C=O) groups is 2. The Labute approximate surface area is 181 Å². The van der Waals surface area contributed by atoms with Gasteiger partial charge >= 0.3 is 5.97 Å². The largest absolute Gasteiger partial charge is 0.466 e. The third kappa shape index (κ3) is 5.01. The van der Waals surface area contributed by atoms with E-state index in [4.69, 9.17) is 4.74 Å². The number of ether oxygens (including phenoxy) is 1. The molecule has 166 valence electrons. The molecule has 0 N–H and O–H groups in total. The van der Waals surface area contributed by atoms with Gasteiger partial charge in [0.2, 0.25) is 11.9 Å². The van der Waals surface area contributed by atoms with Gasteiger partial charge in [0.15, 0.2) is 0 Å². The van der Waals surface area contributed by atoms with Crippen molar-refractivity contribution in [1.29, 1.82) is 0 Å². The molecule has 31 heavy (non-hydrogen) atoms. The number of aryl methyl sites for hydroxylation is 1. The van der Waals surface area contributed by atoms with Crippen LogP contribution in [0.4, 0.5) is 5.95 Å². The standard InChI is InChI=1S/C21H29N7O3/c1-3-31-20(30)16-12-26-9-10-27(19(29)11-17-5-8-25(2)24-17)14-18(26)15-28(13-16)21-22-6-4-7-23-21/h4-8,16,18H,3,9-15H2,1-2H3/t16-,18-/m0/s1. The van der Waals surface area contributed by atoms with Crippen molar-refractivity contribution >= 4 is 17.8 Å². The molecule has 2 aromatic heterocycles. The van der Waals surface area contributed by atoms with Gasteiger partial charge in [-0.1, -0.05) is 0 Å². The second-order valence-electron chi connectivity index (χ2n) is 8.05. The van der Waals surface area contributed by atoms with Gasteiger partial charge in [-0.2, -0.15) is 5.10 Å². The summed E-state index contributed by atoms with van der Waals surface area (Å²) in [4.78, 5) is 40.5. The molecular formula is C21H29N7O3. The Kier molecular flexibility index (Phi) is 6.45. The van der Waals surface area contributed by atoms with Gasteiger partial charge in [-0.3, -0.25) is 19.2 Å². The molecule has 0 bridgehead atoms. The summed E-state index contributed by atoms with van der Waals surface area (Å²) >= 11 is 0. The predicted octanol–water partition coefficient (Wildman–Crippen LogP) is -0.0351. The first kappa shape index (κ1) is 21.2. The summed E-state index contributed by atoms with van der Waals surface area (Å²) in [6.07, 6.45) is 5.55. The molecule has 0 aromatic carbocycles. The Morgan fingerprint density at radius 1 is 1.13 bits per heavy atom. The second kappa shape index (κ2) is 9.42. The van der Waals surface area contributed by atoms with Crippen LogP contribution in [0.1, 0.15) is 12.6 Å². The van der Waals surface area contributed by atoms with Crippen molar-refractivity contribution in [3.8, 4) is 0 Å². The Morgan fingerprint density at radius 3 is 2.65 bits per heavy atom. The third-order valence-corrected chi connectivity index (χ3v) is 5.84. The number of carbonyl (C=O) groups excluding carboxylic acids is 2. The van der Waals surface area contributed by atoms with Gasteiger partial charge < -0.3 is 14.5 Å². The van der Waals surface area contributed by atoms with Gasteiger partial charge in [-0.15, -0.1) is 0 Å². The van der Waals surface area contributed by atoms with E-state index in [2.05, 4.69) is 20.0 Å². The molecule has 2 aromatic rings. The average Bonchev–Trinajstić information content (AvgIpc) is 3.07. The minimum Gasteiger partial charge on any atom is -0.466 e. The number of rotatable bonds is 5. The maximum atomic E-state index is 12.9. The molecule has 2 saturated heterocycles. The van der Waals surface area contributed by atoms with E-state index in [1.54, 1.807) is 23.1 Å². The molecule has 1 amide bonds. The lowest BCUT2D eigenvalue weighted by molar-refractivity contribution is -0.148. The van der Waals surface area contributed by atoms with Crippen molar-refractivity contribution in [2.75, 3.05) is 50.8 Å². The number of anilines is 1. The summed E-state index contributed by atoms with van der Waals surface area (Å²) in [5.74, 6) is 0.185. The molecule has 2 aliphatic heterocycles. The molecule has 0 saturated carbocycles. The minimum absolute atomic E-state index is 0.0760. The molecule has 0 aliphatic carbocycles. The van der Waals surface area contributed by atoms with E-state index in [-0.39, 0.29) is 23.8 Å². The summed E-state index contributed by atoms with van der Waals surface area (Å²) in [6.45, 7) is 5.89. The van der Waals surface area contributed by atoms with Crippen molar-refractivity contribution in [3.05, 3.63) is 36.4 Å². The van der Waals surface area contributed by atoms with Crippen LogP contribution in [0.5, 0.6) is 0 Å². The number of aromatic nitrogens is 4. The van der Waals surface area contributed by atoms with Crippen LogP contribution in [0, 0.1) is 5.92 Å². The molecular weight excluding hydrogens is 398 g/mol. The quantitative estimate of drug-likeness (QED) is 0.614. The Hall–Kier alpha value is -3.01. The Bertz CT molecular complexity index is 903. The predicted molar refractivity (Wildman–Crippen MR) is 113 cm³/mol. The van der Waals surface area contributed by atoms with Crippen LogP contribution >= 0.6 is 0 Å². The van der Waals surface area contributed by atoms with E-state index < -0.39 is 0 Å². The lowest BCUT2D eigenvalue weighted by Gasteiger charge is -2.41. The molecule has 4 rings (SSSR count). The van der Waals surface area contributed by atoms with Gasteiger partial charge in [-0.05, 0) is 19.1 Å². The lowest BCUT2D eigenvalue weighted by atomic mass is 10.1. The van der Waals surface area contributed by atoms with Gasteiger partial charge in [0.05, 0.1) is 24.6 Å². The highest BCUT2D eigenvalue weighted by Crippen LogP contribution is 2.22. The Morgan fingerprint density at radius 2 is 1.94 bits per heavy atom. The van der Waals surface area contributed by atoms with E-state index >= 15 is 0 Å². The normalized spacial score (nSPS) is 22.0. The SMILES string of the molecule is CCOC(=O)[C@@H]1CN(c2ncccn2)C[C@@H]2CN(C(=O)Cc3ccn(C)n3)CCN2C1. The number of esters is 1. The first-order valence-corrected chi connectivity index (χ1v) is 10.7. The fraction of sp³-hybridized carbons (Fsp3) is 0.571. The van der Waals surface area contributed by atoms with Gasteiger partial charge in [0.1, 0.15) is 0 Å². The number of fused-ring (bicyclic) bond motifs is 1. The smallest absolute Gasteiger partial charge is 0.312 e. The summed E-state index contributed by atoms with van der Waals surface area (Å²) in [5.41, 5.74) is 0.775. The topological polar surface area (TPSA) is 96.7 Å². The van der Waals surface area contributed by atoms with Crippen molar-refractivity contribution in [3.63, 3.8) is 0 Å². The van der Waals surface area contributed by atoms with Crippen molar-refractivity contribution in [2.24, 2.45) is 13.0 Å². The van der Waals surface area contributed by atoms with E-state index in [1.165, 1.54) is 0 Å². The zero-order valence-electron chi connectivity index (χ0n) is 18.1. The average molecular weight is 428 g/mol. The van der Waals surface area contributed by atoms with Crippen LogP contribution in [0.3, 0.4) is 0 Å². The first-order valence-electron chi connectivity index (χ1n) is 10.7. The second-order valence-corrected chi connectivity index (χ2v) is 8.05. The van der Waals surface area contributed by atoms with Crippen molar-refractivity contribution in [1.82, 2.24) is 29.5 Å². The van der Waals surface area contributed by atoms with Gasteiger partial charge in [0, 0.05) is 70.9 Å². The van der Waals surface area contributed by atoms with Gasteiger partial charge in [0.25, 0.3) is 0 Å². The number of amides is 1. The summed E-state index contributed by atoms with van der Waals surface area (Å²) < 4.78 is 7.03. The summed E-state index contributed by atoms with van der Waals surface area (Å²) in [5, 5.41) is 4.32. The van der Waals surface area contributed by atoms with Crippen LogP contribution < -0.4 is 4.90 Å². The highest BCUT2D eigenvalue weighted by molar-refractivity contribution is 5.78.